The average molecular weight is 427 g/mol. The van der Waals surface area contributed by atoms with E-state index in [1.54, 1.807) is 12.1 Å². The van der Waals surface area contributed by atoms with E-state index in [0.717, 1.165) is 22.6 Å². The number of aryl methyl sites for hydroxylation is 3. The van der Waals surface area contributed by atoms with Crippen LogP contribution in [-0.2, 0) is 13.2 Å². The summed E-state index contributed by atoms with van der Waals surface area (Å²) in [6.07, 6.45) is 0. The molecule has 0 spiro atoms. The quantitative estimate of drug-likeness (QED) is 0.407. The van der Waals surface area contributed by atoms with Gasteiger partial charge >= 0.3 is 0 Å². The van der Waals surface area contributed by atoms with Crippen LogP contribution >= 0.6 is 0 Å². The number of amides is 1. The molecule has 0 saturated heterocycles. The molecule has 0 aliphatic heterocycles. The maximum atomic E-state index is 12.5. The van der Waals surface area contributed by atoms with Crippen LogP contribution < -0.4 is 10.1 Å². The highest BCUT2D eigenvalue weighted by Crippen LogP contribution is 2.23. The number of nitrogens with one attached hydrogen (secondary N) is 1. The minimum absolute atomic E-state index is 0.118. The molecule has 3 aromatic carbocycles. The van der Waals surface area contributed by atoms with Gasteiger partial charge in [-0.2, -0.15) is 0 Å². The third-order valence-corrected chi connectivity index (χ3v) is 5.26. The second-order valence-electron chi connectivity index (χ2n) is 7.87. The van der Waals surface area contributed by atoms with Crippen LogP contribution in [0, 0.1) is 20.8 Å². The zero-order valence-corrected chi connectivity index (χ0v) is 18.5. The Morgan fingerprint density at radius 3 is 2.16 bits per heavy atom. The number of benzene rings is 3. The third kappa shape index (κ3) is 5.24. The molecule has 5 heteroatoms. The van der Waals surface area contributed by atoms with Gasteiger partial charge in [-0.15, -0.1) is 0 Å². The van der Waals surface area contributed by atoms with Crippen LogP contribution in [0.15, 0.2) is 77.2 Å². The molecule has 0 unspecified atom stereocenters. The lowest BCUT2D eigenvalue weighted by molar-refractivity contribution is 0.0951. The molecule has 1 heterocycles. The Morgan fingerprint density at radius 2 is 1.50 bits per heavy atom. The summed E-state index contributed by atoms with van der Waals surface area (Å²) in [5.41, 5.74) is 5.60. The molecule has 0 radical (unpaired) electrons. The van der Waals surface area contributed by atoms with Crippen molar-refractivity contribution in [2.24, 2.45) is 0 Å². The van der Waals surface area contributed by atoms with Gasteiger partial charge in [0.15, 0.2) is 0 Å². The molecule has 0 saturated carbocycles. The number of rotatable bonds is 7. The highest BCUT2D eigenvalue weighted by Gasteiger charge is 2.13. The normalized spacial score (nSPS) is 10.7. The van der Waals surface area contributed by atoms with E-state index >= 15 is 0 Å². The fourth-order valence-corrected chi connectivity index (χ4v) is 3.23. The Morgan fingerprint density at radius 1 is 0.875 bits per heavy atom. The van der Waals surface area contributed by atoms with Gasteiger partial charge in [-0.1, -0.05) is 47.5 Å². The van der Waals surface area contributed by atoms with Crippen molar-refractivity contribution in [3.05, 3.63) is 107 Å². The van der Waals surface area contributed by atoms with Crippen LogP contribution in [0.3, 0.4) is 0 Å². The van der Waals surface area contributed by atoms with Crippen LogP contribution in [0.5, 0.6) is 5.75 Å². The molecular formula is C27H26N2O3. The Balaban J connectivity index is 1.38. The lowest BCUT2D eigenvalue weighted by Gasteiger charge is -2.06. The second kappa shape index (κ2) is 9.52. The topological polar surface area (TPSA) is 64.4 Å². The van der Waals surface area contributed by atoms with Crippen LogP contribution in [0.2, 0.25) is 0 Å². The van der Waals surface area contributed by atoms with Crippen LogP contribution in [0.1, 0.15) is 38.5 Å². The number of ether oxygens (including phenoxy) is 1. The first-order chi connectivity index (χ1) is 15.5. The molecule has 0 fully saturated rings. The van der Waals surface area contributed by atoms with E-state index in [1.807, 2.05) is 81.4 Å². The Labute approximate surface area is 188 Å². The molecule has 1 amide bonds. The van der Waals surface area contributed by atoms with Crippen molar-refractivity contribution in [1.29, 1.82) is 0 Å². The van der Waals surface area contributed by atoms with Gasteiger partial charge in [-0.05, 0) is 62.7 Å². The van der Waals surface area contributed by atoms with Crippen LogP contribution in [0.25, 0.3) is 11.5 Å². The largest absolute Gasteiger partial charge is 0.487 e. The number of carbonyl (C=O) groups excluding carboxylic acids is 1. The molecule has 0 aliphatic carbocycles. The lowest BCUT2D eigenvalue weighted by atomic mass is 10.1. The van der Waals surface area contributed by atoms with Crippen molar-refractivity contribution in [2.75, 3.05) is 0 Å². The summed E-state index contributed by atoms with van der Waals surface area (Å²) in [6.45, 7) is 6.77. The van der Waals surface area contributed by atoms with E-state index in [0.29, 0.717) is 30.4 Å². The van der Waals surface area contributed by atoms with E-state index in [1.165, 1.54) is 11.1 Å². The molecule has 1 N–H and O–H groups in total. The van der Waals surface area contributed by atoms with E-state index in [-0.39, 0.29) is 5.91 Å². The van der Waals surface area contributed by atoms with Crippen molar-refractivity contribution in [1.82, 2.24) is 10.3 Å². The Hall–Kier alpha value is -3.86. The second-order valence-corrected chi connectivity index (χ2v) is 7.87. The monoisotopic (exact) mass is 426 g/mol. The summed E-state index contributed by atoms with van der Waals surface area (Å²) in [7, 11) is 0. The van der Waals surface area contributed by atoms with E-state index in [9.17, 15) is 4.79 Å². The Bertz CT molecular complexity index is 1190. The Kier molecular flexibility index (Phi) is 6.36. The zero-order chi connectivity index (χ0) is 22.5. The number of carbonyl (C=O) groups is 1. The predicted molar refractivity (Wildman–Crippen MR) is 125 cm³/mol. The first-order valence-electron chi connectivity index (χ1n) is 10.6. The average Bonchev–Trinajstić information content (AvgIpc) is 3.18. The molecule has 4 rings (SSSR count). The number of aromatic nitrogens is 1. The summed E-state index contributed by atoms with van der Waals surface area (Å²) in [5, 5.41) is 2.95. The fraction of sp³-hybridized carbons (Fsp3) is 0.185. The molecular weight excluding hydrogens is 400 g/mol. The number of nitrogens with zero attached hydrogens (tertiary/aromatic N) is 1. The van der Waals surface area contributed by atoms with Gasteiger partial charge in [-0.3, -0.25) is 4.79 Å². The highest BCUT2D eigenvalue weighted by atomic mass is 16.5. The fourth-order valence-electron chi connectivity index (χ4n) is 3.23. The smallest absolute Gasteiger partial charge is 0.251 e. The summed E-state index contributed by atoms with van der Waals surface area (Å²) in [6, 6.07) is 23.3. The van der Waals surface area contributed by atoms with E-state index < -0.39 is 0 Å². The van der Waals surface area contributed by atoms with Crippen LogP contribution in [-0.4, -0.2) is 10.9 Å². The van der Waals surface area contributed by atoms with Crippen molar-refractivity contribution in [2.45, 2.75) is 33.9 Å². The van der Waals surface area contributed by atoms with Gasteiger partial charge in [0.1, 0.15) is 23.8 Å². The minimum Gasteiger partial charge on any atom is -0.487 e. The van der Waals surface area contributed by atoms with Crippen molar-refractivity contribution < 1.29 is 13.9 Å². The van der Waals surface area contributed by atoms with Gasteiger partial charge in [-0.25, -0.2) is 4.98 Å². The first-order valence-corrected chi connectivity index (χ1v) is 10.6. The number of hydrogen-bond acceptors (Lipinski definition) is 4. The van der Waals surface area contributed by atoms with Gasteiger partial charge in [0.25, 0.3) is 5.91 Å². The molecule has 0 atom stereocenters. The van der Waals surface area contributed by atoms with Gasteiger partial charge in [0.05, 0.1) is 0 Å². The number of hydrogen-bond donors (Lipinski definition) is 1. The highest BCUT2D eigenvalue weighted by molar-refractivity contribution is 5.94. The molecule has 5 nitrogen and oxygen atoms in total. The van der Waals surface area contributed by atoms with Gasteiger partial charge < -0.3 is 14.5 Å². The number of oxazole rings is 1. The molecule has 0 aliphatic rings. The van der Waals surface area contributed by atoms with Crippen molar-refractivity contribution in [3.8, 4) is 17.2 Å². The summed E-state index contributed by atoms with van der Waals surface area (Å²) < 4.78 is 11.7. The molecule has 32 heavy (non-hydrogen) atoms. The van der Waals surface area contributed by atoms with Crippen molar-refractivity contribution >= 4 is 5.91 Å². The predicted octanol–water partition coefficient (Wildman–Crippen LogP) is 5.78. The molecule has 4 aromatic rings. The van der Waals surface area contributed by atoms with Crippen LogP contribution in [0.4, 0.5) is 0 Å². The molecule has 162 valence electrons. The summed E-state index contributed by atoms with van der Waals surface area (Å²) in [5.74, 6) is 1.90. The minimum atomic E-state index is -0.118. The third-order valence-electron chi connectivity index (χ3n) is 5.26. The van der Waals surface area contributed by atoms with Gasteiger partial charge in [0.2, 0.25) is 5.89 Å². The summed E-state index contributed by atoms with van der Waals surface area (Å²) >= 11 is 0. The van der Waals surface area contributed by atoms with Crippen molar-refractivity contribution in [3.63, 3.8) is 0 Å². The summed E-state index contributed by atoms with van der Waals surface area (Å²) in [4.78, 5) is 17.0. The zero-order valence-electron chi connectivity index (χ0n) is 18.5. The maximum absolute atomic E-state index is 12.5. The lowest BCUT2D eigenvalue weighted by Crippen LogP contribution is -2.22. The SMILES string of the molecule is Cc1ccc(CNC(=O)c2ccc(-c3nc(COc4ccc(C)cc4)c(C)o3)cc2)cc1. The standard InChI is InChI=1S/C27H26N2O3/c1-18-4-8-21(9-5-18)16-28-26(30)22-10-12-23(13-11-22)27-29-25(20(3)32-27)17-31-24-14-6-19(2)7-15-24/h4-15H,16-17H2,1-3H3,(H,28,30). The van der Waals surface area contributed by atoms with E-state index in [2.05, 4.69) is 10.3 Å². The molecule has 1 aromatic heterocycles. The maximum Gasteiger partial charge on any atom is 0.251 e. The molecule has 0 bridgehead atoms. The first kappa shape index (κ1) is 21.4. The van der Waals surface area contributed by atoms with E-state index in [4.69, 9.17) is 9.15 Å². The van der Waals surface area contributed by atoms with Gasteiger partial charge in [0, 0.05) is 17.7 Å².